The summed E-state index contributed by atoms with van der Waals surface area (Å²) < 4.78 is 0. The summed E-state index contributed by atoms with van der Waals surface area (Å²) in [6.45, 7) is 4.32. The van der Waals surface area contributed by atoms with E-state index in [0.29, 0.717) is 5.69 Å². The highest BCUT2D eigenvalue weighted by molar-refractivity contribution is 6.02. The van der Waals surface area contributed by atoms with Crippen molar-refractivity contribution in [3.63, 3.8) is 0 Å². The second-order valence-electron chi connectivity index (χ2n) is 8.51. The molecule has 0 radical (unpaired) electrons. The van der Waals surface area contributed by atoms with Gasteiger partial charge in [-0.15, -0.1) is 0 Å². The number of carbonyl (C=O) groups is 1. The van der Waals surface area contributed by atoms with Gasteiger partial charge in [0.15, 0.2) is 0 Å². The van der Waals surface area contributed by atoms with Crippen LogP contribution in [0, 0.1) is 0 Å². The Morgan fingerprint density at radius 1 is 0.931 bits per heavy atom. The molecule has 1 N–H and O–H groups in total. The molecule has 2 aromatic rings. The Bertz CT molecular complexity index is 871. The van der Waals surface area contributed by atoms with Crippen molar-refractivity contribution in [3.05, 3.63) is 47.4 Å². The second kappa shape index (κ2) is 8.11. The normalized spacial score (nSPS) is 20.1. The number of fused-ring (bicyclic) bond motifs is 1. The first-order valence-corrected chi connectivity index (χ1v) is 11.0. The van der Waals surface area contributed by atoms with Gasteiger partial charge in [-0.1, -0.05) is 12.5 Å². The third-order valence-electron chi connectivity index (χ3n) is 6.69. The van der Waals surface area contributed by atoms with Crippen LogP contribution >= 0.6 is 0 Å². The van der Waals surface area contributed by atoms with Crippen LogP contribution in [0.15, 0.2) is 30.6 Å². The summed E-state index contributed by atoms with van der Waals surface area (Å²) >= 11 is 0. The van der Waals surface area contributed by atoms with Crippen LogP contribution in [-0.2, 0) is 12.8 Å². The van der Waals surface area contributed by atoms with Crippen molar-refractivity contribution >= 4 is 17.4 Å². The summed E-state index contributed by atoms with van der Waals surface area (Å²) in [7, 11) is 0. The van der Waals surface area contributed by atoms with Crippen LogP contribution in [0.2, 0.25) is 0 Å². The molecule has 1 aromatic carbocycles. The van der Waals surface area contributed by atoms with Crippen molar-refractivity contribution in [2.45, 2.75) is 51.0 Å². The largest absolute Gasteiger partial charge is 0.355 e. The van der Waals surface area contributed by atoms with E-state index in [1.807, 2.05) is 6.07 Å². The van der Waals surface area contributed by atoms with E-state index in [-0.39, 0.29) is 5.91 Å². The molecule has 0 spiro atoms. The minimum absolute atomic E-state index is 0.199. The summed E-state index contributed by atoms with van der Waals surface area (Å²) in [5.41, 5.74) is 3.98. The molecule has 1 aliphatic carbocycles. The summed E-state index contributed by atoms with van der Waals surface area (Å²) in [5, 5.41) is 3.01. The Morgan fingerprint density at radius 3 is 2.41 bits per heavy atom. The fourth-order valence-corrected chi connectivity index (χ4v) is 4.68. The number of benzene rings is 1. The smallest absolute Gasteiger partial charge is 0.275 e. The topological polar surface area (TPSA) is 61.4 Å². The van der Waals surface area contributed by atoms with Crippen LogP contribution < -0.4 is 10.2 Å². The van der Waals surface area contributed by atoms with E-state index in [2.05, 4.69) is 37.2 Å². The van der Waals surface area contributed by atoms with Crippen molar-refractivity contribution in [1.29, 1.82) is 0 Å². The molecule has 3 heterocycles. The monoisotopic (exact) mass is 391 g/mol. The number of anilines is 2. The molecule has 3 aliphatic rings. The first-order chi connectivity index (χ1) is 14.3. The SMILES string of the molecule is O=C(Nc1ccc2c(c1)CCN(C1CCC1)CC2)c1cnc(N2CCCC2)cn1. The molecule has 0 unspecified atom stereocenters. The van der Waals surface area contributed by atoms with Gasteiger partial charge in [0.05, 0.1) is 12.4 Å². The molecule has 1 aromatic heterocycles. The van der Waals surface area contributed by atoms with Gasteiger partial charge in [0.1, 0.15) is 11.5 Å². The van der Waals surface area contributed by atoms with Gasteiger partial charge in [-0.05, 0) is 61.8 Å². The molecule has 1 amide bonds. The highest BCUT2D eigenvalue weighted by Crippen LogP contribution is 2.28. The van der Waals surface area contributed by atoms with E-state index < -0.39 is 0 Å². The van der Waals surface area contributed by atoms with Crippen LogP contribution in [0.25, 0.3) is 0 Å². The number of amides is 1. The minimum atomic E-state index is -0.199. The summed E-state index contributed by atoms with van der Waals surface area (Å²) in [6, 6.07) is 7.13. The van der Waals surface area contributed by atoms with Crippen molar-refractivity contribution < 1.29 is 4.79 Å². The van der Waals surface area contributed by atoms with E-state index >= 15 is 0 Å². The van der Waals surface area contributed by atoms with Gasteiger partial charge >= 0.3 is 0 Å². The second-order valence-corrected chi connectivity index (χ2v) is 8.51. The predicted molar refractivity (Wildman–Crippen MR) is 114 cm³/mol. The maximum Gasteiger partial charge on any atom is 0.275 e. The summed E-state index contributed by atoms with van der Waals surface area (Å²) in [4.78, 5) is 26.3. The Balaban J connectivity index is 1.24. The molecule has 152 valence electrons. The molecule has 6 heteroatoms. The molecular weight excluding hydrogens is 362 g/mol. The standard InChI is InChI=1S/C23H29N5O/c29-23(21-15-25-22(16-24-21)28-10-1-2-11-28)26-19-7-6-17-8-12-27(20-4-3-5-20)13-9-18(17)14-19/h6-7,14-16,20H,1-5,8-13H2,(H,26,29). The first-order valence-electron chi connectivity index (χ1n) is 11.0. The lowest BCUT2D eigenvalue weighted by Gasteiger charge is -2.36. The molecule has 1 saturated carbocycles. The fraction of sp³-hybridized carbons (Fsp3) is 0.522. The predicted octanol–water partition coefficient (Wildman–Crippen LogP) is 3.28. The molecule has 1 saturated heterocycles. The van der Waals surface area contributed by atoms with Crippen LogP contribution in [-0.4, -0.2) is 53.0 Å². The minimum Gasteiger partial charge on any atom is -0.355 e. The van der Waals surface area contributed by atoms with Gasteiger partial charge in [0.2, 0.25) is 0 Å². The van der Waals surface area contributed by atoms with Gasteiger partial charge < -0.3 is 10.2 Å². The summed E-state index contributed by atoms with van der Waals surface area (Å²) in [6.07, 6.45) is 11.9. The summed E-state index contributed by atoms with van der Waals surface area (Å²) in [5.74, 6) is 0.662. The van der Waals surface area contributed by atoms with Gasteiger partial charge in [-0.2, -0.15) is 0 Å². The Hall–Kier alpha value is -2.47. The van der Waals surface area contributed by atoms with E-state index in [1.54, 1.807) is 12.4 Å². The molecule has 0 bridgehead atoms. The van der Waals surface area contributed by atoms with E-state index in [4.69, 9.17) is 0 Å². The number of carbonyl (C=O) groups excluding carboxylic acids is 1. The van der Waals surface area contributed by atoms with Gasteiger partial charge in [0, 0.05) is 37.9 Å². The van der Waals surface area contributed by atoms with Crippen molar-refractivity contribution in [1.82, 2.24) is 14.9 Å². The maximum absolute atomic E-state index is 12.6. The van der Waals surface area contributed by atoms with E-state index in [1.165, 1.54) is 43.2 Å². The van der Waals surface area contributed by atoms with Crippen LogP contribution in [0.5, 0.6) is 0 Å². The van der Waals surface area contributed by atoms with E-state index in [9.17, 15) is 4.79 Å². The molecule has 6 nitrogen and oxygen atoms in total. The number of rotatable bonds is 4. The van der Waals surface area contributed by atoms with Crippen molar-refractivity contribution in [2.75, 3.05) is 36.4 Å². The Morgan fingerprint density at radius 2 is 1.72 bits per heavy atom. The lowest BCUT2D eigenvalue weighted by atomic mass is 9.91. The van der Waals surface area contributed by atoms with Crippen molar-refractivity contribution in [2.24, 2.45) is 0 Å². The van der Waals surface area contributed by atoms with Crippen molar-refractivity contribution in [3.8, 4) is 0 Å². The van der Waals surface area contributed by atoms with Gasteiger partial charge in [-0.25, -0.2) is 9.97 Å². The molecular formula is C23H29N5O. The number of hydrogen-bond acceptors (Lipinski definition) is 5. The first kappa shape index (κ1) is 18.6. The third-order valence-corrected chi connectivity index (χ3v) is 6.69. The van der Waals surface area contributed by atoms with Crippen LogP contribution in [0.3, 0.4) is 0 Å². The third kappa shape index (κ3) is 3.99. The lowest BCUT2D eigenvalue weighted by Crippen LogP contribution is -2.41. The maximum atomic E-state index is 12.6. The molecule has 2 fully saturated rings. The quantitative estimate of drug-likeness (QED) is 0.867. The van der Waals surface area contributed by atoms with Crippen LogP contribution in [0.1, 0.15) is 53.7 Å². The molecule has 0 atom stereocenters. The number of nitrogens with zero attached hydrogens (tertiary/aromatic N) is 4. The number of nitrogens with one attached hydrogen (secondary N) is 1. The van der Waals surface area contributed by atoms with E-state index in [0.717, 1.165) is 56.6 Å². The Kier molecular flexibility index (Phi) is 5.19. The number of aromatic nitrogens is 2. The zero-order chi connectivity index (χ0) is 19.6. The molecule has 29 heavy (non-hydrogen) atoms. The highest BCUT2D eigenvalue weighted by atomic mass is 16.1. The van der Waals surface area contributed by atoms with Gasteiger partial charge in [0.25, 0.3) is 5.91 Å². The van der Waals surface area contributed by atoms with Crippen LogP contribution in [0.4, 0.5) is 11.5 Å². The number of hydrogen-bond donors (Lipinski definition) is 1. The Labute approximate surface area is 172 Å². The lowest BCUT2D eigenvalue weighted by molar-refractivity contribution is 0.102. The molecule has 5 rings (SSSR count). The average Bonchev–Trinajstić information content (AvgIpc) is 3.17. The zero-order valence-electron chi connectivity index (χ0n) is 16.9. The fourth-order valence-electron chi connectivity index (χ4n) is 4.68. The highest BCUT2D eigenvalue weighted by Gasteiger charge is 2.26. The zero-order valence-corrected chi connectivity index (χ0v) is 16.9. The molecule has 2 aliphatic heterocycles. The average molecular weight is 392 g/mol. The van der Waals surface area contributed by atoms with Gasteiger partial charge in [-0.3, -0.25) is 9.69 Å².